The van der Waals surface area contributed by atoms with Crippen molar-refractivity contribution in [2.45, 2.75) is 19.3 Å². The molecule has 11 heavy (non-hydrogen) atoms. The summed E-state index contributed by atoms with van der Waals surface area (Å²) < 4.78 is 4.40. The van der Waals surface area contributed by atoms with Gasteiger partial charge in [-0.15, -0.1) is 0 Å². The van der Waals surface area contributed by atoms with Crippen molar-refractivity contribution in [3.05, 3.63) is 12.0 Å². The lowest BCUT2D eigenvalue weighted by Crippen LogP contribution is -2.15. The van der Waals surface area contributed by atoms with Crippen LogP contribution in [0.25, 0.3) is 0 Å². The summed E-state index contributed by atoms with van der Waals surface area (Å²) in [6.07, 6.45) is -1.62. The predicted octanol–water partition coefficient (Wildman–Crippen LogP) is -0.906. The van der Waals surface area contributed by atoms with Crippen molar-refractivity contribution in [3.63, 3.8) is 0 Å². The maximum Gasteiger partial charge on any atom is 0.193 e. The van der Waals surface area contributed by atoms with Crippen molar-refractivity contribution in [1.29, 1.82) is 0 Å². The van der Waals surface area contributed by atoms with Gasteiger partial charge >= 0.3 is 0 Å². The van der Waals surface area contributed by atoms with Crippen LogP contribution in [0.4, 0.5) is 0 Å². The molecule has 0 heterocycles. The van der Waals surface area contributed by atoms with Gasteiger partial charge in [-0.05, 0) is 6.92 Å². The van der Waals surface area contributed by atoms with E-state index in [1.54, 1.807) is 0 Å². The summed E-state index contributed by atoms with van der Waals surface area (Å²) >= 11 is 0. The van der Waals surface area contributed by atoms with Crippen molar-refractivity contribution >= 4 is 0 Å². The number of aliphatic hydroxyl groups is 4. The Kier molecular flexibility index (Phi) is 4.60. The molecule has 5 heteroatoms. The lowest BCUT2D eigenvalue weighted by atomic mass is 10.3. The first-order valence-corrected chi connectivity index (χ1v) is 3.09. The van der Waals surface area contributed by atoms with E-state index in [1.165, 1.54) is 6.92 Å². The summed E-state index contributed by atoms with van der Waals surface area (Å²) in [6, 6.07) is 0. The van der Waals surface area contributed by atoms with E-state index in [0.717, 1.165) is 6.26 Å². The van der Waals surface area contributed by atoms with E-state index in [-0.39, 0.29) is 0 Å². The highest BCUT2D eigenvalue weighted by molar-refractivity contribution is 4.92. The third-order valence-corrected chi connectivity index (χ3v) is 0.900. The first kappa shape index (κ1) is 10.2. The monoisotopic (exact) mass is 164 g/mol. The molecule has 0 aliphatic carbocycles. The quantitative estimate of drug-likeness (QED) is 0.319. The van der Waals surface area contributed by atoms with Gasteiger partial charge in [0.05, 0.1) is 6.61 Å². The molecule has 0 aromatic rings. The van der Waals surface area contributed by atoms with E-state index in [9.17, 15) is 0 Å². The number of hydrogen-bond donors (Lipinski definition) is 4. The second kappa shape index (κ2) is 4.95. The zero-order chi connectivity index (χ0) is 8.85. The van der Waals surface area contributed by atoms with Gasteiger partial charge in [0.25, 0.3) is 0 Å². The summed E-state index contributed by atoms with van der Waals surface area (Å²) in [6.45, 7) is 0.751. The van der Waals surface area contributed by atoms with Gasteiger partial charge < -0.3 is 25.2 Å². The fraction of sp³-hybridized carbons (Fsp3) is 0.667. The Bertz CT molecular complexity index is 131. The van der Waals surface area contributed by atoms with Crippen molar-refractivity contribution in [1.82, 2.24) is 0 Å². The van der Waals surface area contributed by atoms with Crippen LogP contribution in [-0.4, -0.2) is 39.4 Å². The standard InChI is InChI=1S/C6H12O5/c1-4(8)11-3-6(10)5(9)2-7/h3-5,7-10H,2H2,1H3/b6-3-/t4?,5-/m1/s1. The fourth-order valence-corrected chi connectivity index (χ4v) is 0.340. The summed E-state index contributed by atoms with van der Waals surface area (Å²) in [5, 5.41) is 34.3. The van der Waals surface area contributed by atoms with E-state index < -0.39 is 24.8 Å². The van der Waals surface area contributed by atoms with Gasteiger partial charge in [0, 0.05) is 0 Å². The molecule has 2 atom stereocenters. The van der Waals surface area contributed by atoms with Gasteiger partial charge in [-0.2, -0.15) is 0 Å². The van der Waals surface area contributed by atoms with Crippen LogP contribution >= 0.6 is 0 Å². The molecule has 0 aromatic heterocycles. The topological polar surface area (TPSA) is 90.2 Å². The van der Waals surface area contributed by atoms with Gasteiger partial charge in [0.2, 0.25) is 0 Å². The molecule has 0 saturated carbocycles. The predicted molar refractivity (Wildman–Crippen MR) is 36.6 cm³/mol. The highest BCUT2D eigenvalue weighted by Crippen LogP contribution is 1.98. The van der Waals surface area contributed by atoms with Crippen LogP contribution in [0, 0.1) is 0 Å². The first-order chi connectivity index (χ1) is 5.07. The Balaban J connectivity index is 3.79. The molecule has 0 saturated heterocycles. The minimum absolute atomic E-state index is 0.520. The Morgan fingerprint density at radius 2 is 2.09 bits per heavy atom. The summed E-state index contributed by atoms with van der Waals surface area (Å²) in [5.41, 5.74) is 0. The normalized spacial score (nSPS) is 17.6. The zero-order valence-electron chi connectivity index (χ0n) is 6.14. The van der Waals surface area contributed by atoms with Crippen molar-refractivity contribution in [2.75, 3.05) is 6.61 Å². The van der Waals surface area contributed by atoms with Crippen LogP contribution in [0.15, 0.2) is 12.0 Å². The maximum absolute atomic E-state index is 8.78. The molecule has 0 aromatic carbocycles. The van der Waals surface area contributed by atoms with Crippen LogP contribution in [-0.2, 0) is 4.74 Å². The molecule has 0 spiro atoms. The first-order valence-electron chi connectivity index (χ1n) is 3.09. The van der Waals surface area contributed by atoms with E-state index in [1.807, 2.05) is 0 Å². The number of ether oxygens (including phenoxy) is 1. The van der Waals surface area contributed by atoms with Crippen LogP contribution in [0.5, 0.6) is 0 Å². The minimum atomic E-state index is -1.35. The summed E-state index contributed by atoms with van der Waals surface area (Å²) in [4.78, 5) is 0. The highest BCUT2D eigenvalue weighted by atomic mass is 16.6. The highest BCUT2D eigenvalue weighted by Gasteiger charge is 2.07. The van der Waals surface area contributed by atoms with E-state index in [0.29, 0.717) is 0 Å². The molecule has 66 valence electrons. The summed E-state index contributed by atoms with van der Waals surface area (Å²) in [7, 11) is 0. The van der Waals surface area contributed by atoms with Crippen LogP contribution in [0.1, 0.15) is 6.92 Å². The maximum atomic E-state index is 8.78. The molecular formula is C6H12O5. The fourth-order valence-electron chi connectivity index (χ4n) is 0.340. The van der Waals surface area contributed by atoms with Crippen LogP contribution < -0.4 is 0 Å². The second-order valence-electron chi connectivity index (χ2n) is 1.98. The largest absolute Gasteiger partial charge is 0.506 e. The van der Waals surface area contributed by atoms with Crippen LogP contribution in [0.3, 0.4) is 0 Å². The Morgan fingerprint density at radius 1 is 1.55 bits per heavy atom. The van der Waals surface area contributed by atoms with Crippen molar-refractivity contribution in [2.24, 2.45) is 0 Å². The van der Waals surface area contributed by atoms with E-state index in [2.05, 4.69) is 4.74 Å². The molecule has 0 amide bonds. The molecule has 0 aliphatic rings. The van der Waals surface area contributed by atoms with Gasteiger partial charge in [-0.1, -0.05) is 0 Å². The molecule has 0 fully saturated rings. The van der Waals surface area contributed by atoms with Gasteiger partial charge in [-0.3, -0.25) is 0 Å². The van der Waals surface area contributed by atoms with E-state index in [4.69, 9.17) is 20.4 Å². The molecule has 1 unspecified atom stereocenters. The Morgan fingerprint density at radius 3 is 2.45 bits per heavy atom. The molecule has 0 radical (unpaired) electrons. The van der Waals surface area contributed by atoms with E-state index >= 15 is 0 Å². The van der Waals surface area contributed by atoms with Crippen LogP contribution in [0.2, 0.25) is 0 Å². The third kappa shape index (κ3) is 4.60. The zero-order valence-corrected chi connectivity index (χ0v) is 6.14. The molecule has 4 N–H and O–H groups in total. The molecule has 0 aliphatic heterocycles. The Hall–Kier alpha value is -0.780. The molecule has 0 bridgehead atoms. The van der Waals surface area contributed by atoms with Gasteiger partial charge in [0.1, 0.15) is 12.4 Å². The molecule has 0 rings (SSSR count). The lowest BCUT2D eigenvalue weighted by molar-refractivity contribution is -0.0416. The Labute approximate surface area is 64.2 Å². The summed E-state index contributed by atoms with van der Waals surface area (Å²) in [5.74, 6) is -0.520. The van der Waals surface area contributed by atoms with Crippen molar-refractivity contribution in [3.8, 4) is 0 Å². The lowest BCUT2D eigenvalue weighted by Gasteiger charge is -2.07. The number of aliphatic hydroxyl groups excluding tert-OH is 4. The van der Waals surface area contributed by atoms with Crippen molar-refractivity contribution < 1.29 is 25.2 Å². The average molecular weight is 164 g/mol. The third-order valence-electron chi connectivity index (χ3n) is 0.900. The smallest absolute Gasteiger partial charge is 0.193 e. The SMILES string of the molecule is CC(O)O/C=C(\O)[C@H](O)CO. The van der Waals surface area contributed by atoms with Gasteiger partial charge in [-0.25, -0.2) is 0 Å². The van der Waals surface area contributed by atoms with Gasteiger partial charge in [0.15, 0.2) is 12.0 Å². The second-order valence-corrected chi connectivity index (χ2v) is 1.98. The minimum Gasteiger partial charge on any atom is -0.506 e. The molecular weight excluding hydrogens is 152 g/mol. The molecule has 5 nitrogen and oxygen atoms in total. The average Bonchev–Trinajstić information content (AvgIpc) is 1.98. The number of rotatable bonds is 4. The number of hydrogen-bond acceptors (Lipinski definition) is 5.